The Morgan fingerprint density at radius 1 is 1.32 bits per heavy atom. The molecule has 0 aromatic carbocycles. The molecule has 102 valence electrons. The van der Waals surface area contributed by atoms with Crippen LogP contribution in [0.3, 0.4) is 0 Å². The van der Waals surface area contributed by atoms with Gasteiger partial charge in [0.05, 0.1) is 38.4 Å². The molecule has 19 heavy (non-hydrogen) atoms. The second-order valence-electron chi connectivity index (χ2n) is 4.41. The topological polar surface area (TPSA) is 47.8 Å². The maximum absolute atomic E-state index is 12.3. The van der Waals surface area contributed by atoms with Crippen molar-refractivity contribution in [3.8, 4) is 0 Å². The van der Waals surface area contributed by atoms with E-state index in [9.17, 15) is 4.79 Å². The Hall–Kier alpha value is -1.20. The highest BCUT2D eigenvalue weighted by molar-refractivity contribution is 7.13. The van der Waals surface area contributed by atoms with Crippen molar-refractivity contribution < 1.29 is 4.79 Å². The van der Waals surface area contributed by atoms with Gasteiger partial charge in [-0.2, -0.15) is 5.10 Å². The fourth-order valence-electron chi connectivity index (χ4n) is 2.06. The van der Waals surface area contributed by atoms with E-state index in [-0.39, 0.29) is 12.2 Å². The highest BCUT2D eigenvalue weighted by Crippen LogP contribution is 2.24. The molecule has 2 aromatic heterocycles. The lowest BCUT2D eigenvalue weighted by Crippen LogP contribution is -2.10. The largest absolute Gasteiger partial charge is 0.293 e. The van der Waals surface area contributed by atoms with Gasteiger partial charge in [-0.15, -0.1) is 11.3 Å². The number of carbonyl (C=O) groups is 1. The third kappa shape index (κ3) is 2.72. The van der Waals surface area contributed by atoms with Crippen molar-refractivity contribution in [2.75, 3.05) is 0 Å². The maximum Gasteiger partial charge on any atom is 0.180 e. The van der Waals surface area contributed by atoms with Crippen LogP contribution in [0.2, 0.25) is 5.02 Å². The van der Waals surface area contributed by atoms with Crippen molar-refractivity contribution in [1.82, 2.24) is 14.8 Å². The second-order valence-corrected chi connectivity index (χ2v) is 5.99. The quantitative estimate of drug-likeness (QED) is 0.813. The van der Waals surface area contributed by atoms with Gasteiger partial charge >= 0.3 is 0 Å². The Balaban J connectivity index is 2.31. The molecule has 2 rings (SSSR count). The first kappa shape index (κ1) is 14.2. The smallest absolute Gasteiger partial charge is 0.180 e. The standard InChI is InChI=1S/C13H16ClN3OS/c1-5-17-10(12(14)7(2)16-17)6-11(18)13-8(3)15-9(4)19-13/h5-6H2,1-4H3. The molecule has 0 saturated heterocycles. The number of Topliss-reactive ketones (excluding diaryl/α,β-unsaturated/α-hetero) is 1. The summed E-state index contributed by atoms with van der Waals surface area (Å²) >= 11 is 7.66. The highest BCUT2D eigenvalue weighted by atomic mass is 35.5. The number of ketones is 1. The van der Waals surface area contributed by atoms with Crippen LogP contribution in [0.4, 0.5) is 0 Å². The molecule has 2 heterocycles. The highest BCUT2D eigenvalue weighted by Gasteiger charge is 2.20. The average Bonchev–Trinajstić information content (AvgIpc) is 2.83. The van der Waals surface area contributed by atoms with E-state index in [4.69, 9.17) is 11.6 Å². The van der Waals surface area contributed by atoms with Crippen molar-refractivity contribution >= 4 is 28.7 Å². The van der Waals surface area contributed by atoms with E-state index in [1.807, 2.05) is 27.7 Å². The molecule has 0 unspecified atom stereocenters. The lowest BCUT2D eigenvalue weighted by atomic mass is 10.1. The van der Waals surface area contributed by atoms with E-state index >= 15 is 0 Å². The third-order valence-electron chi connectivity index (χ3n) is 2.94. The molecule has 0 aliphatic rings. The monoisotopic (exact) mass is 297 g/mol. The number of carbonyl (C=O) groups excluding carboxylic acids is 1. The van der Waals surface area contributed by atoms with Crippen LogP contribution in [-0.4, -0.2) is 20.5 Å². The molecule has 2 aromatic rings. The first-order valence-electron chi connectivity index (χ1n) is 6.13. The Morgan fingerprint density at radius 3 is 2.53 bits per heavy atom. The van der Waals surface area contributed by atoms with Crippen molar-refractivity contribution in [3.63, 3.8) is 0 Å². The normalized spacial score (nSPS) is 11.0. The fraction of sp³-hybridized carbons (Fsp3) is 0.462. The second kappa shape index (κ2) is 5.43. The molecule has 0 aliphatic heterocycles. The molecule has 0 saturated carbocycles. The fourth-order valence-corrected chi connectivity index (χ4v) is 3.12. The van der Waals surface area contributed by atoms with Gasteiger partial charge in [-0.1, -0.05) is 11.6 Å². The summed E-state index contributed by atoms with van der Waals surface area (Å²) in [5.74, 6) is 0.0552. The number of hydrogen-bond donors (Lipinski definition) is 0. The molecule has 6 heteroatoms. The van der Waals surface area contributed by atoms with Gasteiger partial charge in [0.1, 0.15) is 0 Å². The minimum atomic E-state index is 0.0552. The van der Waals surface area contributed by atoms with Crippen molar-refractivity contribution in [3.05, 3.63) is 32.0 Å². The van der Waals surface area contributed by atoms with E-state index in [1.165, 1.54) is 11.3 Å². The zero-order valence-electron chi connectivity index (χ0n) is 11.5. The summed E-state index contributed by atoms with van der Waals surface area (Å²) < 4.78 is 1.79. The van der Waals surface area contributed by atoms with Crippen LogP contribution in [-0.2, 0) is 13.0 Å². The molecule has 0 radical (unpaired) electrons. The predicted molar refractivity (Wildman–Crippen MR) is 77.3 cm³/mol. The van der Waals surface area contributed by atoms with Gasteiger partial charge in [-0.3, -0.25) is 9.48 Å². The Morgan fingerprint density at radius 2 is 2.00 bits per heavy atom. The molecular weight excluding hydrogens is 282 g/mol. The van der Waals surface area contributed by atoms with E-state index < -0.39 is 0 Å². The molecular formula is C13H16ClN3OS. The Labute approximate surface area is 121 Å². The Kier molecular flexibility index (Phi) is 4.06. The van der Waals surface area contributed by atoms with E-state index in [0.29, 0.717) is 11.6 Å². The number of thiazole rings is 1. The third-order valence-corrected chi connectivity index (χ3v) is 4.54. The molecule has 0 fully saturated rings. The summed E-state index contributed by atoms with van der Waals surface area (Å²) in [6, 6.07) is 0. The van der Waals surface area contributed by atoms with Gasteiger partial charge in [0.2, 0.25) is 0 Å². The molecule has 4 nitrogen and oxygen atoms in total. The van der Waals surface area contributed by atoms with Gasteiger partial charge in [-0.05, 0) is 27.7 Å². The van der Waals surface area contributed by atoms with Crippen LogP contribution in [0.25, 0.3) is 0 Å². The van der Waals surface area contributed by atoms with Crippen LogP contribution in [0, 0.1) is 20.8 Å². The van der Waals surface area contributed by atoms with Gasteiger partial charge in [0.15, 0.2) is 5.78 Å². The molecule has 0 spiro atoms. The molecule has 0 atom stereocenters. The van der Waals surface area contributed by atoms with E-state index in [1.54, 1.807) is 4.68 Å². The van der Waals surface area contributed by atoms with Crippen molar-refractivity contribution in [2.24, 2.45) is 0 Å². The zero-order chi connectivity index (χ0) is 14.2. The van der Waals surface area contributed by atoms with E-state index in [0.717, 1.165) is 27.0 Å². The zero-order valence-corrected chi connectivity index (χ0v) is 13.0. The summed E-state index contributed by atoms with van der Waals surface area (Å²) in [6.45, 7) is 8.31. The first-order valence-corrected chi connectivity index (χ1v) is 7.32. The number of hydrogen-bond acceptors (Lipinski definition) is 4. The molecule has 0 amide bonds. The summed E-state index contributed by atoms with van der Waals surface area (Å²) in [7, 11) is 0. The summed E-state index contributed by atoms with van der Waals surface area (Å²) in [4.78, 5) is 17.4. The minimum Gasteiger partial charge on any atom is -0.293 e. The first-order chi connectivity index (χ1) is 8.93. The molecule has 0 aliphatic carbocycles. The van der Waals surface area contributed by atoms with Crippen LogP contribution in [0.5, 0.6) is 0 Å². The number of rotatable bonds is 4. The van der Waals surface area contributed by atoms with E-state index in [2.05, 4.69) is 10.1 Å². The van der Waals surface area contributed by atoms with Crippen molar-refractivity contribution in [1.29, 1.82) is 0 Å². The van der Waals surface area contributed by atoms with Crippen LogP contribution >= 0.6 is 22.9 Å². The predicted octanol–water partition coefficient (Wildman–Crippen LogP) is 3.36. The number of nitrogens with zero attached hydrogens (tertiary/aromatic N) is 3. The SMILES string of the molecule is CCn1nc(C)c(Cl)c1CC(=O)c1sc(C)nc1C. The van der Waals surface area contributed by atoms with Gasteiger partial charge < -0.3 is 0 Å². The summed E-state index contributed by atoms with van der Waals surface area (Å²) in [5.41, 5.74) is 2.35. The van der Waals surface area contributed by atoms with Gasteiger partial charge in [-0.25, -0.2) is 4.98 Å². The lowest BCUT2D eigenvalue weighted by molar-refractivity contribution is 0.0993. The summed E-state index contributed by atoms with van der Waals surface area (Å²) in [6.07, 6.45) is 0.274. The minimum absolute atomic E-state index is 0.0552. The molecule has 0 bridgehead atoms. The number of halogens is 1. The number of aromatic nitrogens is 3. The van der Waals surface area contributed by atoms with Crippen LogP contribution < -0.4 is 0 Å². The van der Waals surface area contributed by atoms with Crippen LogP contribution in [0.15, 0.2) is 0 Å². The maximum atomic E-state index is 12.3. The summed E-state index contributed by atoms with van der Waals surface area (Å²) in [5, 5.41) is 5.82. The van der Waals surface area contributed by atoms with Gasteiger partial charge in [0.25, 0.3) is 0 Å². The van der Waals surface area contributed by atoms with Crippen molar-refractivity contribution in [2.45, 2.75) is 40.7 Å². The number of aryl methyl sites for hydroxylation is 4. The lowest BCUT2D eigenvalue weighted by Gasteiger charge is -2.04. The van der Waals surface area contributed by atoms with Crippen LogP contribution in [0.1, 0.15) is 38.7 Å². The van der Waals surface area contributed by atoms with Gasteiger partial charge in [0, 0.05) is 6.54 Å². The molecule has 0 N–H and O–H groups in total. The average molecular weight is 298 g/mol. The Bertz CT molecular complexity index is 630.